The van der Waals surface area contributed by atoms with Gasteiger partial charge < -0.3 is 10.4 Å². The number of ketones is 1. The molecule has 4 heteroatoms. The quantitative estimate of drug-likeness (QED) is 0.586. The molecule has 2 unspecified atom stereocenters. The zero-order chi connectivity index (χ0) is 8.27. The maximum absolute atomic E-state index is 11.8. The lowest BCUT2D eigenvalue weighted by atomic mass is 10.0. The minimum atomic E-state index is -0.969. The first kappa shape index (κ1) is 8.62. The smallest absolute Gasteiger partial charge is 0.151 e. The zero-order valence-corrected chi connectivity index (χ0v) is 6.22. The number of carbonyl (C=O) groups excluding carboxylic acids is 1. The predicted octanol–water partition coefficient (Wildman–Crippen LogP) is -0.505. The molecule has 0 aromatic rings. The van der Waals surface area contributed by atoms with Crippen LogP contribution in [0.2, 0.25) is 0 Å². The van der Waals surface area contributed by atoms with Crippen LogP contribution in [0.1, 0.15) is 6.42 Å². The highest BCUT2D eigenvalue weighted by Gasteiger charge is 2.25. The second kappa shape index (κ2) is 3.78. The van der Waals surface area contributed by atoms with Gasteiger partial charge in [0, 0.05) is 12.5 Å². The van der Waals surface area contributed by atoms with Gasteiger partial charge in [-0.05, 0) is 6.42 Å². The number of hydrogen-bond donors (Lipinski definition) is 2. The fourth-order valence-electron chi connectivity index (χ4n) is 1.23. The van der Waals surface area contributed by atoms with Crippen molar-refractivity contribution < 1.29 is 14.3 Å². The van der Waals surface area contributed by atoms with Gasteiger partial charge in [-0.3, -0.25) is 4.79 Å². The van der Waals surface area contributed by atoms with E-state index < -0.39 is 12.8 Å². The summed E-state index contributed by atoms with van der Waals surface area (Å²) < 4.78 is 11.8. The number of carbonyl (C=O) groups is 1. The van der Waals surface area contributed by atoms with Gasteiger partial charge in [-0.1, -0.05) is 0 Å². The molecule has 1 saturated heterocycles. The predicted molar refractivity (Wildman–Crippen MR) is 38.0 cm³/mol. The molecule has 1 aliphatic rings. The van der Waals surface area contributed by atoms with Crippen LogP contribution in [0.5, 0.6) is 0 Å². The van der Waals surface area contributed by atoms with Crippen molar-refractivity contribution in [1.29, 1.82) is 0 Å². The van der Waals surface area contributed by atoms with Crippen LogP contribution in [-0.4, -0.2) is 36.8 Å². The van der Waals surface area contributed by atoms with E-state index in [0.29, 0.717) is 13.1 Å². The molecule has 0 amide bonds. The SMILES string of the molecule is O=C1CNCC1CC(O)CF. The summed E-state index contributed by atoms with van der Waals surface area (Å²) in [5, 5.41) is 11.7. The van der Waals surface area contributed by atoms with E-state index in [0.717, 1.165) is 0 Å². The Morgan fingerprint density at radius 2 is 2.55 bits per heavy atom. The normalized spacial score (nSPS) is 27.5. The first-order valence-electron chi connectivity index (χ1n) is 3.71. The number of aliphatic hydroxyl groups is 1. The fourth-order valence-corrected chi connectivity index (χ4v) is 1.23. The molecule has 2 atom stereocenters. The maximum Gasteiger partial charge on any atom is 0.151 e. The van der Waals surface area contributed by atoms with Gasteiger partial charge in [0.15, 0.2) is 5.78 Å². The fraction of sp³-hybridized carbons (Fsp3) is 0.857. The molecule has 1 heterocycles. The molecule has 1 rings (SSSR count). The van der Waals surface area contributed by atoms with Gasteiger partial charge in [0.05, 0.1) is 12.6 Å². The highest BCUT2D eigenvalue weighted by Crippen LogP contribution is 2.11. The Bertz CT molecular complexity index is 151. The minimum Gasteiger partial charge on any atom is -0.390 e. The average Bonchev–Trinajstić information content (AvgIpc) is 2.37. The highest BCUT2D eigenvalue weighted by atomic mass is 19.1. The third-order valence-corrected chi connectivity index (χ3v) is 1.88. The first-order valence-corrected chi connectivity index (χ1v) is 3.71. The molecular formula is C7H12FNO2. The molecule has 0 aromatic carbocycles. The van der Waals surface area contributed by atoms with Crippen LogP contribution in [0, 0.1) is 5.92 Å². The van der Waals surface area contributed by atoms with Crippen LogP contribution in [0.15, 0.2) is 0 Å². The van der Waals surface area contributed by atoms with E-state index in [2.05, 4.69) is 5.32 Å². The van der Waals surface area contributed by atoms with Crippen molar-refractivity contribution in [3.63, 3.8) is 0 Å². The molecule has 3 nitrogen and oxygen atoms in total. The number of nitrogens with one attached hydrogen (secondary N) is 1. The summed E-state index contributed by atoms with van der Waals surface area (Å²) in [6.45, 7) is 0.184. The molecule has 0 spiro atoms. The third kappa shape index (κ3) is 2.24. The topological polar surface area (TPSA) is 49.3 Å². The molecule has 1 fully saturated rings. The summed E-state index contributed by atoms with van der Waals surface area (Å²) >= 11 is 0. The van der Waals surface area contributed by atoms with E-state index in [1.165, 1.54) is 0 Å². The van der Waals surface area contributed by atoms with Crippen LogP contribution in [0.3, 0.4) is 0 Å². The lowest BCUT2D eigenvalue weighted by Crippen LogP contribution is -2.20. The van der Waals surface area contributed by atoms with Gasteiger partial charge in [0.1, 0.15) is 6.67 Å². The third-order valence-electron chi connectivity index (χ3n) is 1.88. The maximum atomic E-state index is 11.8. The molecule has 11 heavy (non-hydrogen) atoms. The average molecular weight is 161 g/mol. The largest absolute Gasteiger partial charge is 0.390 e. The van der Waals surface area contributed by atoms with E-state index in [1.807, 2.05) is 0 Å². The molecule has 1 aliphatic heterocycles. The van der Waals surface area contributed by atoms with Crippen LogP contribution in [0.4, 0.5) is 4.39 Å². The lowest BCUT2D eigenvalue weighted by Gasteiger charge is -2.09. The Balaban J connectivity index is 2.30. The number of alkyl halides is 1. The number of aliphatic hydroxyl groups excluding tert-OH is 1. The molecule has 0 aliphatic carbocycles. The second-order valence-electron chi connectivity index (χ2n) is 2.84. The van der Waals surface area contributed by atoms with E-state index in [-0.39, 0.29) is 18.1 Å². The molecule has 0 saturated carbocycles. The Morgan fingerprint density at radius 1 is 1.82 bits per heavy atom. The summed E-state index contributed by atoms with van der Waals surface area (Å²) in [6.07, 6.45) is -0.716. The van der Waals surface area contributed by atoms with E-state index in [9.17, 15) is 9.18 Å². The van der Waals surface area contributed by atoms with Crippen LogP contribution >= 0.6 is 0 Å². The number of hydrogen-bond acceptors (Lipinski definition) is 3. The number of halogens is 1. The summed E-state index contributed by atoms with van der Waals surface area (Å²) in [7, 11) is 0. The molecule has 0 bridgehead atoms. The molecule has 2 N–H and O–H groups in total. The summed E-state index contributed by atoms with van der Waals surface area (Å²) in [5.41, 5.74) is 0. The van der Waals surface area contributed by atoms with Crippen molar-refractivity contribution in [3.8, 4) is 0 Å². The molecule has 0 aromatic heterocycles. The zero-order valence-electron chi connectivity index (χ0n) is 6.22. The van der Waals surface area contributed by atoms with Gasteiger partial charge in [0.2, 0.25) is 0 Å². The molecule has 64 valence electrons. The highest BCUT2D eigenvalue weighted by molar-refractivity contribution is 5.85. The van der Waals surface area contributed by atoms with Gasteiger partial charge in [-0.15, -0.1) is 0 Å². The van der Waals surface area contributed by atoms with Gasteiger partial charge in [-0.25, -0.2) is 4.39 Å². The van der Waals surface area contributed by atoms with Crippen molar-refractivity contribution in [3.05, 3.63) is 0 Å². The van der Waals surface area contributed by atoms with Crippen molar-refractivity contribution in [2.45, 2.75) is 12.5 Å². The number of rotatable bonds is 3. The Kier molecular flexibility index (Phi) is 2.96. The monoisotopic (exact) mass is 161 g/mol. The first-order chi connectivity index (χ1) is 5.24. The summed E-state index contributed by atoms with van der Waals surface area (Å²) in [5.74, 6) is -0.0988. The second-order valence-corrected chi connectivity index (χ2v) is 2.84. The van der Waals surface area contributed by atoms with Crippen molar-refractivity contribution in [2.24, 2.45) is 5.92 Å². The van der Waals surface area contributed by atoms with Crippen LogP contribution in [-0.2, 0) is 4.79 Å². The van der Waals surface area contributed by atoms with Crippen LogP contribution < -0.4 is 5.32 Å². The van der Waals surface area contributed by atoms with Crippen molar-refractivity contribution in [2.75, 3.05) is 19.8 Å². The lowest BCUT2D eigenvalue weighted by molar-refractivity contribution is -0.120. The standard InChI is InChI=1S/C7H12FNO2/c8-2-6(10)1-5-3-9-4-7(5)11/h5-6,9-10H,1-4H2. The summed E-state index contributed by atoms with van der Waals surface area (Å²) in [4.78, 5) is 10.9. The van der Waals surface area contributed by atoms with Crippen LogP contribution in [0.25, 0.3) is 0 Å². The van der Waals surface area contributed by atoms with Gasteiger partial charge in [-0.2, -0.15) is 0 Å². The Hall–Kier alpha value is -0.480. The van der Waals surface area contributed by atoms with E-state index in [1.54, 1.807) is 0 Å². The number of Topliss-reactive ketones (excluding diaryl/α,β-unsaturated/α-hetero) is 1. The Morgan fingerprint density at radius 3 is 3.00 bits per heavy atom. The van der Waals surface area contributed by atoms with E-state index >= 15 is 0 Å². The van der Waals surface area contributed by atoms with Gasteiger partial charge >= 0.3 is 0 Å². The minimum absolute atomic E-state index is 0.0810. The van der Waals surface area contributed by atoms with E-state index in [4.69, 9.17) is 5.11 Å². The van der Waals surface area contributed by atoms with Gasteiger partial charge in [0.25, 0.3) is 0 Å². The molecular weight excluding hydrogens is 149 g/mol. The Labute approximate surface area is 64.6 Å². The summed E-state index contributed by atoms with van der Waals surface area (Å²) in [6, 6.07) is 0. The molecule has 0 radical (unpaired) electrons. The van der Waals surface area contributed by atoms with Crippen molar-refractivity contribution >= 4 is 5.78 Å². The van der Waals surface area contributed by atoms with Crippen molar-refractivity contribution in [1.82, 2.24) is 5.32 Å².